The first-order chi connectivity index (χ1) is 11.5. The number of amides is 3. The molecule has 0 fully saturated rings. The quantitative estimate of drug-likeness (QED) is 0.748. The molecule has 0 spiro atoms. The minimum absolute atomic E-state index is 0.0432. The molecule has 0 aliphatic carbocycles. The topological polar surface area (TPSA) is 74.8 Å². The molecule has 0 aliphatic rings. The first kappa shape index (κ1) is 18.2. The van der Waals surface area contributed by atoms with Crippen LogP contribution in [0.25, 0.3) is 0 Å². The molecule has 1 atom stereocenters. The first-order valence-corrected chi connectivity index (χ1v) is 8.87. The Kier molecular flexibility index (Phi) is 6.52. The highest BCUT2D eigenvalue weighted by atomic mass is 32.1. The van der Waals surface area contributed by atoms with E-state index in [1.54, 1.807) is 11.3 Å². The van der Waals surface area contributed by atoms with Gasteiger partial charge in [0.05, 0.1) is 4.88 Å². The lowest BCUT2D eigenvalue weighted by Crippen LogP contribution is -2.87. The lowest BCUT2D eigenvalue weighted by Gasteiger charge is -2.15. The molecule has 0 bridgehead atoms. The van der Waals surface area contributed by atoms with Gasteiger partial charge < -0.3 is 10.6 Å². The molecule has 0 unspecified atom stereocenters. The average Bonchev–Trinajstić information content (AvgIpc) is 3.09. The lowest BCUT2D eigenvalue weighted by atomic mass is 9.98. The van der Waals surface area contributed by atoms with E-state index in [1.807, 2.05) is 16.8 Å². The number of hydrogen-bond donors (Lipinski definition) is 3. The number of nitrogens with one attached hydrogen (secondary N) is 2. The molecule has 2 rings (SSSR count). The van der Waals surface area contributed by atoms with Crippen molar-refractivity contribution >= 4 is 23.3 Å². The van der Waals surface area contributed by atoms with Crippen molar-refractivity contribution in [3.63, 3.8) is 0 Å². The number of nitrogens with two attached hydrogens (primary N) is 1. The normalized spacial score (nSPS) is 12.0. The third-order valence-corrected chi connectivity index (χ3v) is 4.79. The fourth-order valence-corrected chi connectivity index (χ4v) is 3.29. The monoisotopic (exact) mass is 346 g/mol. The number of rotatable bonds is 6. The Morgan fingerprint density at radius 3 is 2.33 bits per heavy atom. The number of thiophene rings is 1. The van der Waals surface area contributed by atoms with Crippen LogP contribution in [0.4, 0.5) is 4.79 Å². The highest BCUT2D eigenvalue weighted by Gasteiger charge is 2.20. The number of imide groups is 1. The molecule has 128 valence electrons. The molecule has 1 aromatic carbocycles. The van der Waals surface area contributed by atoms with Gasteiger partial charge in [-0.2, -0.15) is 0 Å². The summed E-state index contributed by atoms with van der Waals surface area (Å²) in [6.07, 6.45) is 0. The van der Waals surface area contributed by atoms with Gasteiger partial charge in [0.25, 0.3) is 5.91 Å². The van der Waals surface area contributed by atoms with Crippen LogP contribution in [-0.2, 0) is 4.79 Å². The van der Waals surface area contributed by atoms with Gasteiger partial charge in [-0.15, -0.1) is 11.3 Å². The van der Waals surface area contributed by atoms with Gasteiger partial charge in [-0.1, -0.05) is 44.2 Å². The van der Waals surface area contributed by atoms with Crippen LogP contribution in [0.5, 0.6) is 0 Å². The van der Waals surface area contributed by atoms with Crippen molar-refractivity contribution in [2.45, 2.75) is 25.8 Å². The van der Waals surface area contributed by atoms with Gasteiger partial charge in [0, 0.05) is 12.6 Å². The Hall–Kier alpha value is -2.18. The number of quaternary nitrogens is 1. The summed E-state index contributed by atoms with van der Waals surface area (Å²) in [4.78, 5) is 24.3. The maximum Gasteiger partial charge on any atom is 0.321 e. The van der Waals surface area contributed by atoms with Crippen LogP contribution >= 0.6 is 11.3 Å². The second-order valence-corrected chi connectivity index (χ2v) is 6.86. The van der Waals surface area contributed by atoms with Gasteiger partial charge in [0.15, 0.2) is 6.54 Å². The van der Waals surface area contributed by atoms with Crippen LogP contribution in [-0.4, -0.2) is 25.5 Å². The first-order valence-electron chi connectivity index (χ1n) is 7.99. The third kappa shape index (κ3) is 4.91. The fourth-order valence-electron chi connectivity index (χ4n) is 2.44. The van der Waals surface area contributed by atoms with Crippen molar-refractivity contribution in [3.05, 3.63) is 57.8 Å². The summed E-state index contributed by atoms with van der Waals surface area (Å²) in [6, 6.07) is 12.1. The van der Waals surface area contributed by atoms with Crippen LogP contribution in [0.1, 0.15) is 41.8 Å². The van der Waals surface area contributed by atoms with Gasteiger partial charge in [-0.25, -0.2) is 4.79 Å². The molecule has 1 aromatic heterocycles. The fraction of sp³-hybridized carbons (Fsp3) is 0.333. The Morgan fingerprint density at radius 1 is 1.12 bits per heavy atom. The number of benzene rings is 1. The van der Waals surface area contributed by atoms with Crippen LogP contribution in [0.3, 0.4) is 0 Å². The van der Waals surface area contributed by atoms with E-state index in [1.165, 1.54) is 17.5 Å². The molecule has 6 heteroatoms. The van der Waals surface area contributed by atoms with Crippen molar-refractivity contribution in [3.8, 4) is 0 Å². The van der Waals surface area contributed by atoms with Crippen LogP contribution < -0.4 is 16.0 Å². The second kappa shape index (κ2) is 8.61. The number of hydrogen-bond acceptors (Lipinski definition) is 3. The summed E-state index contributed by atoms with van der Waals surface area (Å²) in [6.45, 7) is 4.52. The Balaban J connectivity index is 2.11. The zero-order valence-corrected chi connectivity index (χ0v) is 15.0. The predicted molar refractivity (Wildman–Crippen MR) is 96.1 cm³/mol. The maximum absolute atomic E-state index is 11.9. The van der Waals surface area contributed by atoms with E-state index in [4.69, 9.17) is 0 Å². The van der Waals surface area contributed by atoms with Crippen LogP contribution in [0, 0.1) is 0 Å². The number of urea groups is 1. The zero-order valence-electron chi connectivity index (χ0n) is 14.2. The van der Waals surface area contributed by atoms with Gasteiger partial charge in [-0.3, -0.25) is 10.1 Å². The molecule has 0 saturated carbocycles. The predicted octanol–water partition coefficient (Wildman–Crippen LogP) is 1.98. The highest BCUT2D eigenvalue weighted by molar-refractivity contribution is 7.10. The van der Waals surface area contributed by atoms with Crippen molar-refractivity contribution in [1.82, 2.24) is 10.6 Å². The second-order valence-electron chi connectivity index (χ2n) is 5.88. The summed E-state index contributed by atoms with van der Waals surface area (Å²) in [5.74, 6) is 0.177. The lowest BCUT2D eigenvalue weighted by molar-refractivity contribution is -0.676. The summed E-state index contributed by atoms with van der Waals surface area (Å²) in [5.41, 5.74) is 2.44. The molecule has 5 nitrogen and oxygen atoms in total. The molecule has 1 heterocycles. The molecule has 0 aliphatic heterocycles. The van der Waals surface area contributed by atoms with E-state index < -0.39 is 6.03 Å². The Morgan fingerprint density at radius 2 is 1.79 bits per heavy atom. The van der Waals surface area contributed by atoms with Gasteiger partial charge in [0.1, 0.15) is 6.04 Å². The highest BCUT2D eigenvalue weighted by Crippen LogP contribution is 2.24. The van der Waals surface area contributed by atoms with E-state index >= 15 is 0 Å². The van der Waals surface area contributed by atoms with E-state index in [2.05, 4.69) is 54.8 Å². The van der Waals surface area contributed by atoms with Crippen LogP contribution in [0.15, 0.2) is 41.8 Å². The average molecular weight is 346 g/mol. The smallest absolute Gasteiger partial charge is 0.321 e. The molecular formula is C18H24N3O2S+. The maximum atomic E-state index is 11.9. The molecule has 2 aromatic rings. The minimum Gasteiger partial charge on any atom is -0.341 e. The van der Waals surface area contributed by atoms with E-state index in [9.17, 15) is 9.59 Å². The largest absolute Gasteiger partial charge is 0.341 e. The molecule has 0 radical (unpaired) electrons. The van der Waals surface area contributed by atoms with E-state index in [-0.39, 0.29) is 18.5 Å². The van der Waals surface area contributed by atoms with Gasteiger partial charge in [0.2, 0.25) is 0 Å². The third-order valence-electron chi connectivity index (χ3n) is 3.83. The van der Waals surface area contributed by atoms with Crippen LogP contribution in [0.2, 0.25) is 0 Å². The zero-order chi connectivity index (χ0) is 17.5. The summed E-state index contributed by atoms with van der Waals surface area (Å²) in [5, 5.41) is 8.65. The summed E-state index contributed by atoms with van der Waals surface area (Å²) in [7, 11) is 1.48. The van der Waals surface area contributed by atoms with E-state index in [0.717, 1.165) is 5.56 Å². The van der Waals surface area contributed by atoms with Crippen molar-refractivity contribution in [1.29, 1.82) is 0 Å². The van der Waals surface area contributed by atoms with E-state index in [0.29, 0.717) is 5.92 Å². The van der Waals surface area contributed by atoms with Crippen molar-refractivity contribution in [2.75, 3.05) is 13.6 Å². The standard InChI is InChI=1S/C18H23N3O2S/c1-12(2)13-6-8-14(9-7-13)17(15-5-4-10-24-15)20-11-16(22)21-18(23)19-3/h4-10,12,17,20H,11H2,1-3H3,(H2,19,21,22,23)/p+1/t17-/m1/s1. The Bertz CT molecular complexity index is 666. The van der Waals surface area contributed by atoms with Crippen molar-refractivity contribution in [2.24, 2.45) is 0 Å². The number of carbonyl (C=O) groups is 2. The minimum atomic E-state index is -0.484. The number of carbonyl (C=O) groups excluding carboxylic acids is 2. The molecule has 24 heavy (non-hydrogen) atoms. The summed E-state index contributed by atoms with van der Waals surface area (Å²) >= 11 is 1.66. The van der Waals surface area contributed by atoms with Gasteiger partial charge >= 0.3 is 6.03 Å². The molecule has 0 saturated heterocycles. The summed E-state index contributed by atoms with van der Waals surface area (Å²) < 4.78 is 0. The molecule has 3 amide bonds. The van der Waals surface area contributed by atoms with Gasteiger partial charge in [-0.05, 0) is 22.9 Å². The molecular weight excluding hydrogens is 322 g/mol. The van der Waals surface area contributed by atoms with Crippen molar-refractivity contribution < 1.29 is 14.9 Å². The Labute approximate surface area is 146 Å². The SMILES string of the molecule is CNC(=O)NC(=O)C[NH2+][C@H](c1ccc(C(C)C)cc1)c1cccs1. The molecule has 4 N–H and O–H groups in total.